The van der Waals surface area contributed by atoms with E-state index in [0.29, 0.717) is 31.9 Å². The van der Waals surface area contributed by atoms with Gasteiger partial charge in [0, 0.05) is 49.4 Å². The van der Waals surface area contributed by atoms with Gasteiger partial charge < -0.3 is 14.2 Å². The summed E-state index contributed by atoms with van der Waals surface area (Å²) in [5.41, 5.74) is 2.24. The molecule has 2 aromatic rings. The van der Waals surface area contributed by atoms with Crippen LogP contribution < -0.4 is 0 Å². The van der Waals surface area contributed by atoms with E-state index >= 15 is 0 Å². The van der Waals surface area contributed by atoms with Crippen LogP contribution in [-0.2, 0) is 11.8 Å². The molecule has 0 saturated carbocycles. The monoisotopic (exact) mass is 335 g/mol. The van der Waals surface area contributed by atoms with Crippen molar-refractivity contribution >= 4 is 5.78 Å². The van der Waals surface area contributed by atoms with E-state index in [1.54, 1.807) is 18.2 Å². The largest absolute Gasteiger partial charge is 0.378 e. The zero-order valence-electron chi connectivity index (χ0n) is 14.3. The average molecular weight is 335 g/mol. The van der Waals surface area contributed by atoms with Gasteiger partial charge in [-0.1, -0.05) is 30.3 Å². The lowest BCUT2D eigenvalue weighted by atomic mass is 9.98. The Balaban J connectivity index is 2.00. The van der Waals surface area contributed by atoms with Crippen LogP contribution >= 0.6 is 0 Å². The molecule has 1 aromatic heterocycles. The quantitative estimate of drug-likeness (QED) is 0.623. The second-order valence-corrected chi connectivity index (χ2v) is 6.00. The summed E-state index contributed by atoms with van der Waals surface area (Å²) >= 11 is 0. The molecule has 0 bridgehead atoms. The molecule has 3 rings (SSSR count). The fourth-order valence-electron chi connectivity index (χ4n) is 3.06. The third-order valence-corrected chi connectivity index (χ3v) is 4.42. The van der Waals surface area contributed by atoms with Crippen LogP contribution in [0.25, 0.3) is 0 Å². The summed E-state index contributed by atoms with van der Waals surface area (Å²) < 4.78 is 7.35. The van der Waals surface area contributed by atoms with E-state index in [0.717, 1.165) is 11.4 Å². The second-order valence-electron chi connectivity index (χ2n) is 6.00. The molecule has 1 aliphatic heterocycles. The van der Waals surface area contributed by atoms with E-state index in [1.807, 2.05) is 48.1 Å². The number of morpholine rings is 1. The van der Waals surface area contributed by atoms with E-state index in [-0.39, 0.29) is 5.78 Å². The second kappa shape index (κ2) is 7.82. The number of hydrogen-bond acceptors (Lipinski definition) is 4. The summed E-state index contributed by atoms with van der Waals surface area (Å²) in [5, 5.41) is 9.83. The first kappa shape index (κ1) is 17.0. The highest BCUT2D eigenvalue weighted by atomic mass is 16.5. The Labute approximate surface area is 147 Å². The molecule has 0 radical (unpaired) electrons. The van der Waals surface area contributed by atoms with Gasteiger partial charge in [-0.25, -0.2) is 0 Å². The summed E-state index contributed by atoms with van der Waals surface area (Å²) in [6.45, 7) is 2.55. The maximum absolute atomic E-state index is 12.7. The third kappa shape index (κ3) is 3.81. The standard InChI is InChI=1S/C20H21N3O2/c1-22-9-5-8-18(22)17(15-21)19(23-10-12-25-13-11-23)14-20(24)16-6-3-2-4-7-16/h2-9,14,17H,10-13H2,1H3/b19-14+. The number of ketones is 1. The van der Waals surface area contributed by atoms with Crippen molar-refractivity contribution in [3.8, 4) is 6.07 Å². The number of nitrogens with zero attached hydrogens (tertiary/aromatic N) is 3. The van der Waals surface area contributed by atoms with Crippen molar-refractivity contribution in [3.05, 3.63) is 71.7 Å². The number of allylic oxidation sites excluding steroid dienone is 2. The molecule has 1 fully saturated rings. The molecule has 1 aliphatic rings. The topological polar surface area (TPSA) is 58.3 Å². The molecular weight excluding hydrogens is 314 g/mol. The van der Waals surface area contributed by atoms with Crippen molar-refractivity contribution < 1.29 is 9.53 Å². The summed E-state index contributed by atoms with van der Waals surface area (Å²) in [6, 6.07) is 15.4. The molecule has 1 atom stereocenters. The predicted molar refractivity (Wildman–Crippen MR) is 95.0 cm³/mol. The molecule has 0 amide bonds. The lowest BCUT2D eigenvalue weighted by molar-refractivity contribution is 0.0514. The molecular formula is C20H21N3O2. The van der Waals surface area contributed by atoms with Crippen molar-refractivity contribution in [1.29, 1.82) is 5.26 Å². The number of aromatic nitrogens is 1. The SMILES string of the molecule is Cn1cccc1C(C#N)/C(=C\C(=O)c1ccccc1)N1CCOCC1. The van der Waals surface area contributed by atoms with Crippen LogP contribution in [0.1, 0.15) is 22.0 Å². The first-order valence-electron chi connectivity index (χ1n) is 8.35. The molecule has 2 heterocycles. The minimum Gasteiger partial charge on any atom is -0.378 e. The van der Waals surface area contributed by atoms with E-state index < -0.39 is 5.92 Å². The van der Waals surface area contributed by atoms with Gasteiger partial charge in [-0.05, 0) is 12.1 Å². The molecule has 1 unspecified atom stereocenters. The molecule has 0 spiro atoms. The Bertz CT molecular complexity index is 796. The number of nitriles is 1. The van der Waals surface area contributed by atoms with Gasteiger partial charge in [0.15, 0.2) is 5.78 Å². The number of aryl methyl sites for hydroxylation is 1. The van der Waals surface area contributed by atoms with Gasteiger partial charge in [0.1, 0.15) is 5.92 Å². The fourth-order valence-corrected chi connectivity index (χ4v) is 3.06. The van der Waals surface area contributed by atoms with Crippen LogP contribution in [0.3, 0.4) is 0 Å². The van der Waals surface area contributed by atoms with Crippen molar-refractivity contribution in [2.24, 2.45) is 7.05 Å². The van der Waals surface area contributed by atoms with Crippen LogP contribution in [-0.4, -0.2) is 41.6 Å². The van der Waals surface area contributed by atoms with E-state index in [2.05, 4.69) is 11.0 Å². The number of benzene rings is 1. The van der Waals surface area contributed by atoms with Crippen molar-refractivity contribution in [2.45, 2.75) is 5.92 Å². The number of hydrogen-bond donors (Lipinski definition) is 0. The lowest BCUT2D eigenvalue weighted by Gasteiger charge is -2.33. The van der Waals surface area contributed by atoms with Crippen molar-refractivity contribution in [2.75, 3.05) is 26.3 Å². The highest BCUT2D eigenvalue weighted by Gasteiger charge is 2.26. The van der Waals surface area contributed by atoms with Crippen molar-refractivity contribution in [1.82, 2.24) is 9.47 Å². The third-order valence-electron chi connectivity index (χ3n) is 4.42. The Kier molecular flexibility index (Phi) is 5.32. The van der Waals surface area contributed by atoms with Gasteiger partial charge in [-0.2, -0.15) is 5.26 Å². The maximum Gasteiger partial charge on any atom is 0.187 e. The highest BCUT2D eigenvalue weighted by molar-refractivity contribution is 6.05. The van der Waals surface area contributed by atoms with Crippen molar-refractivity contribution in [3.63, 3.8) is 0 Å². The normalized spacial score (nSPS) is 16.3. The van der Waals surface area contributed by atoms with Gasteiger partial charge in [0.2, 0.25) is 0 Å². The first-order chi connectivity index (χ1) is 12.2. The lowest BCUT2D eigenvalue weighted by Crippen LogP contribution is -2.37. The van der Waals surface area contributed by atoms with E-state index in [9.17, 15) is 10.1 Å². The molecule has 128 valence electrons. The number of carbonyl (C=O) groups excluding carboxylic acids is 1. The minimum absolute atomic E-state index is 0.0865. The van der Waals surface area contributed by atoms with Gasteiger partial charge in [0.05, 0.1) is 19.3 Å². The number of rotatable bonds is 5. The number of ether oxygens (including phenoxy) is 1. The maximum atomic E-state index is 12.7. The fraction of sp³-hybridized carbons (Fsp3) is 0.300. The van der Waals surface area contributed by atoms with Crippen LogP contribution in [0.15, 0.2) is 60.4 Å². The van der Waals surface area contributed by atoms with E-state index in [4.69, 9.17) is 4.74 Å². The molecule has 0 aliphatic carbocycles. The van der Waals surface area contributed by atoms with Crippen LogP contribution in [0, 0.1) is 11.3 Å². The molecule has 1 saturated heterocycles. The van der Waals surface area contributed by atoms with Gasteiger partial charge in [-0.15, -0.1) is 0 Å². The molecule has 5 heteroatoms. The minimum atomic E-state index is -0.495. The first-order valence-corrected chi connectivity index (χ1v) is 8.35. The zero-order valence-corrected chi connectivity index (χ0v) is 14.3. The zero-order chi connectivity index (χ0) is 17.6. The Morgan fingerprint density at radius 2 is 1.92 bits per heavy atom. The van der Waals surface area contributed by atoms with Crippen LogP contribution in [0.5, 0.6) is 0 Å². The van der Waals surface area contributed by atoms with Crippen LogP contribution in [0.4, 0.5) is 0 Å². The summed E-state index contributed by atoms with van der Waals surface area (Å²) in [6.07, 6.45) is 3.52. The Morgan fingerprint density at radius 1 is 1.20 bits per heavy atom. The van der Waals surface area contributed by atoms with Gasteiger partial charge in [-0.3, -0.25) is 4.79 Å². The van der Waals surface area contributed by atoms with Crippen LogP contribution in [0.2, 0.25) is 0 Å². The summed E-state index contributed by atoms with van der Waals surface area (Å²) in [5.74, 6) is -0.581. The molecule has 1 aromatic carbocycles. The van der Waals surface area contributed by atoms with Gasteiger partial charge >= 0.3 is 0 Å². The Hall–Kier alpha value is -2.84. The summed E-state index contributed by atoms with van der Waals surface area (Å²) in [4.78, 5) is 14.8. The van der Waals surface area contributed by atoms with Gasteiger partial charge in [0.25, 0.3) is 0 Å². The predicted octanol–water partition coefficient (Wildman–Crippen LogP) is 2.73. The average Bonchev–Trinajstić information content (AvgIpc) is 3.08. The molecule has 5 nitrogen and oxygen atoms in total. The molecule has 25 heavy (non-hydrogen) atoms. The molecule has 0 N–H and O–H groups in total. The highest BCUT2D eigenvalue weighted by Crippen LogP contribution is 2.28. The number of carbonyl (C=O) groups is 1. The smallest absolute Gasteiger partial charge is 0.187 e. The Morgan fingerprint density at radius 3 is 2.52 bits per heavy atom. The summed E-state index contributed by atoms with van der Waals surface area (Å²) in [7, 11) is 1.91. The van der Waals surface area contributed by atoms with E-state index in [1.165, 1.54) is 0 Å².